The number of anilines is 1. The van der Waals surface area contributed by atoms with Crippen molar-refractivity contribution >= 4 is 29.3 Å². The van der Waals surface area contributed by atoms with Crippen molar-refractivity contribution in [1.82, 2.24) is 21.0 Å². The van der Waals surface area contributed by atoms with E-state index in [0.29, 0.717) is 35.6 Å². The number of amides is 2. The molecule has 1 unspecified atom stereocenters. The van der Waals surface area contributed by atoms with Crippen LogP contribution in [-0.2, 0) is 16.2 Å². The molecule has 2 bridgehead atoms. The third-order valence-electron chi connectivity index (χ3n) is 11.9. The predicted molar refractivity (Wildman–Crippen MR) is 197 cm³/mol. The number of nitrogens with one attached hydrogen (secondary N) is 3. The van der Waals surface area contributed by atoms with Crippen LogP contribution in [0.15, 0.2) is 36.4 Å². The van der Waals surface area contributed by atoms with Crippen molar-refractivity contribution in [1.29, 1.82) is 0 Å². The van der Waals surface area contributed by atoms with E-state index in [1.165, 1.54) is 6.42 Å². The molecular formula is C38H55N5O6S. The van der Waals surface area contributed by atoms with Crippen molar-refractivity contribution in [3.05, 3.63) is 47.5 Å². The van der Waals surface area contributed by atoms with Gasteiger partial charge in [0.15, 0.2) is 0 Å². The van der Waals surface area contributed by atoms with Crippen LogP contribution in [0.3, 0.4) is 0 Å². The molecule has 5 fully saturated rings. The summed E-state index contributed by atoms with van der Waals surface area (Å²) in [5, 5.41) is 32.8. The standard InChI is InChI=1S/C38H55N5O6S/c1-21-29-16-26(38(29,3)4)17-30(21)41-37(47)34-33(22(2)45)31(20-44)49-43(34)19-23-9-8-10-28(35(23)48-7)24-13-25(15-27(14-24)42(5)6)36(46)40-18-32-39-11-12-50-32/h8-10,13-15,21-22,26,29-34,39,44-45H,11-12,16-20H2,1-7H3,(H,40,46)(H,41,47)/t21-,22-,26+,29-,30-,31-,32?,33-,34-/m0/s1. The Kier molecular flexibility index (Phi) is 11.1. The van der Waals surface area contributed by atoms with Gasteiger partial charge in [-0.25, -0.2) is 0 Å². The van der Waals surface area contributed by atoms with Crippen molar-refractivity contribution in [3.63, 3.8) is 0 Å². The Bertz CT molecular complexity index is 1550. The Balaban J connectivity index is 1.27. The second-order valence-corrected chi connectivity index (χ2v) is 16.7. The minimum atomic E-state index is -0.890. The summed E-state index contributed by atoms with van der Waals surface area (Å²) < 4.78 is 6.05. The van der Waals surface area contributed by atoms with Gasteiger partial charge in [0.1, 0.15) is 17.9 Å². The normalized spacial score (nSPS) is 30.7. The fraction of sp³-hybridized carbons (Fsp3) is 0.632. The number of aliphatic hydroxyl groups excluding tert-OH is 2. The molecule has 3 saturated carbocycles. The maximum Gasteiger partial charge on any atom is 0.251 e. The molecule has 0 aromatic heterocycles. The van der Waals surface area contributed by atoms with E-state index in [4.69, 9.17) is 9.57 Å². The summed E-state index contributed by atoms with van der Waals surface area (Å²) in [5.74, 6) is 2.13. The maximum atomic E-state index is 14.2. The summed E-state index contributed by atoms with van der Waals surface area (Å²) >= 11 is 1.80. The number of nitrogens with zero attached hydrogens (tertiary/aromatic N) is 2. The summed E-state index contributed by atoms with van der Waals surface area (Å²) in [6.45, 7) is 9.89. The van der Waals surface area contributed by atoms with Gasteiger partial charge in [-0.1, -0.05) is 39.0 Å². The van der Waals surface area contributed by atoms with Crippen LogP contribution >= 0.6 is 11.8 Å². The zero-order valence-corrected chi connectivity index (χ0v) is 31.3. The number of rotatable bonds is 12. The first-order valence-electron chi connectivity index (χ1n) is 18.0. The maximum absolute atomic E-state index is 14.2. The van der Waals surface area contributed by atoms with Gasteiger partial charge in [0, 0.05) is 67.3 Å². The average molecular weight is 710 g/mol. The summed E-state index contributed by atoms with van der Waals surface area (Å²) in [7, 11) is 5.49. The second-order valence-electron chi connectivity index (χ2n) is 15.4. The minimum absolute atomic E-state index is 0.0466. The second kappa shape index (κ2) is 15.0. The van der Waals surface area contributed by atoms with Gasteiger partial charge in [0.2, 0.25) is 5.91 Å². The van der Waals surface area contributed by atoms with Gasteiger partial charge in [-0.2, -0.15) is 5.06 Å². The van der Waals surface area contributed by atoms with E-state index in [-0.39, 0.29) is 41.8 Å². The molecule has 7 rings (SSSR count). The highest BCUT2D eigenvalue weighted by atomic mass is 32.2. The highest BCUT2D eigenvalue weighted by Gasteiger charge is 2.57. The molecular weight excluding hydrogens is 655 g/mol. The number of benzene rings is 2. The lowest BCUT2D eigenvalue weighted by Crippen LogP contribution is -2.62. The first-order valence-corrected chi connectivity index (χ1v) is 19.0. The van der Waals surface area contributed by atoms with Crippen molar-refractivity contribution in [2.75, 3.05) is 51.6 Å². The van der Waals surface area contributed by atoms with Gasteiger partial charge in [-0.15, -0.1) is 11.8 Å². The summed E-state index contributed by atoms with van der Waals surface area (Å²) in [4.78, 5) is 35.8. The van der Waals surface area contributed by atoms with E-state index in [9.17, 15) is 19.8 Å². The van der Waals surface area contributed by atoms with E-state index in [2.05, 4.69) is 36.7 Å². The predicted octanol–water partition coefficient (Wildman–Crippen LogP) is 3.48. The van der Waals surface area contributed by atoms with Crippen LogP contribution in [0.2, 0.25) is 0 Å². The number of carbonyl (C=O) groups is 2. The first-order chi connectivity index (χ1) is 23.8. The Hall–Kier alpha value is -2.87. The van der Waals surface area contributed by atoms with Crippen LogP contribution in [0.25, 0.3) is 11.1 Å². The van der Waals surface area contributed by atoms with Crippen LogP contribution < -0.4 is 25.6 Å². The van der Waals surface area contributed by atoms with E-state index >= 15 is 0 Å². The molecule has 2 amide bonds. The monoisotopic (exact) mass is 709 g/mol. The van der Waals surface area contributed by atoms with Gasteiger partial charge in [-0.3, -0.25) is 14.4 Å². The van der Waals surface area contributed by atoms with Gasteiger partial charge >= 0.3 is 0 Å². The number of carbonyl (C=O) groups excluding carboxylic acids is 2. The number of hydrogen-bond donors (Lipinski definition) is 5. The van der Waals surface area contributed by atoms with Gasteiger partial charge in [0.25, 0.3) is 5.91 Å². The van der Waals surface area contributed by atoms with Crippen molar-refractivity contribution in [2.24, 2.45) is 29.1 Å². The number of aliphatic hydroxyl groups is 2. The minimum Gasteiger partial charge on any atom is -0.496 e. The van der Waals surface area contributed by atoms with Crippen LogP contribution in [0.4, 0.5) is 5.69 Å². The molecule has 2 aliphatic heterocycles. The van der Waals surface area contributed by atoms with E-state index in [1.54, 1.807) is 30.9 Å². The lowest BCUT2D eigenvalue weighted by Gasteiger charge is -2.62. The first kappa shape index (κ1) is 36.9. The smallest absolute Gasteiger partial charge is 0.251 e. The summed E-state index contributed by atoms with van der Waals surface area (Å²) in [6, 6.07) is 10.8. The molecule has 2 saturated heterocycles. The quantitative estimate of drug-likeness (QED) is 0.223. The van der Waals surface area contributed by atoms with Crippen molar-refractivity contribution in [2.45, 2.75) is 76.7 Å². The molecule has 2 aromatic rings. The highest BCUT2D eigenvalue weighted by molar-refractivity contribution is 8.00. The molecule has 12 heteroatoms. The van der Waals surface area contributed by atoms with Gasteiger partial charge < -0.3 is 35.8 Å². The fourth-order valence-electron chi connectivity index (χ4n) is 8.88. The molecule has 0 radical (unpaired) electrons. The van der Waals surface area contributed by atoms with E-state index < -0.39 is 24.2 Å². The molecule has 9 atom stereocenters. The molecule has 11 nitrogen and oxygen atoms in total. The number of para-hydroxylation sites is 1. The van der Waals surface area contributed by atoms with Crippen molar-refractivity contribution in [3.8, 4) is 16.9 Å². The van der Waals surface area contributed by atoms with Crippen molar-refractivity contribution < 1.29 is 29.4 Å². The number of ether oxygens (including phenoxy) is 1. The zero-order valence-electron chi connectivity index (χ0n) is 30.4. The third-order valence-corrected chi connectivity index (χ3v) is 13.1. The molecule has 5 aliphatic rings. The molecule has 5 N–H and O–H groups in total. The summed E-state index contributed by atoms with van der Waals surface area (Å²) in [5.41, 5.74) is 4.08. The number of thioether (sulfide) groups is 1. The highest BCUT2D eigenvalue weighted by Crippen LogP contribution is 2.61. The van der Waals surface area contributed by atoms with Crippen LogP contribution in [0.5, 0.6) is 5.75 Å². The van der Waals surface area contributed by atoms with Crippen LogP contribution in [0.1, 0.15) is 56.5 Å². The molecule has 2 heterocycles. The van der Waals surface area contributed by atoms with Gasteiger partial charge in [-0.05, 0) is 66.7 Å². The molecule has 3 aliphatic carbocycles. The molecule has 50 heavy (non-hydrogen) atoms. The van der Waals surface area contributed by atoms with E-state index in [0.717, 1.165) is 41.1 Å². The Morgan fingerprint density at radius 2 is 2.00 bits per heavy atom. The Morgan fingerprint density at radius 3 is 2.62 bits per heavy atom. The number of hydroxylamine groups is 2. The fourth-order valence-corrected chi connectivity index (χ4v) is 9.84. The lowest BCUT2D eigenvalue weighted by atomic mass is 9.45. The zero-order chi connectivity index (χ0) is 35.9. The van der Waals surface area contributed by atoms with Gasteiger partial charge in [0.05, 0.1) is 31.7 Å². The SMILES string of the molecule is COc1c(CN2O[C@@H](CO)[C@H]([C@H](C)O)[C@H]2C(=O)N[C@H]2C[C@H]3C[C@@H]([C@@H]2C)C3(C)C)cccc1-c1cc(C(=O)NCC2NCCS2)cc(N(C)C)c1. The van der Waals surface area contributed by atoms with Crippen LogP contribution in [-0.4, -0.2) is 103 Å². The summed E-state index contributed by atoms with van der Waals surface area (Å²) in [6.07, 6.45) is 0.509. The lowest BCUT2D eigenvalue weighted by molar-refractivity contribution is -0.183. The number of methoxy groups -OCH3 is 1. The largest absolute Gasteiger partial charge is 0.496 e. The topological polar surface area (TPSA) is 136 Å². The number of hydrogen-bond acceptors (Lipinski definition) is 10. The van der Waals surface area contributed by atoms with Crippen LogP contribution in [0, 0.1) is 29.1 Å². The molecule has 274 valence electrons. The Morgan fingerprint density at radius 1 is 1.22 bits per heavy atom. The Labute approximate surface area is 300 Å². The molecule has 2 aromatic carbocycles. The molecule has 0 spiro atoms. The van der Waals surface area contributed by atoms with E-state index in [1.807, 2.05) is 55.4 Å². The number of fused-ring (bicyclic) bond motifs is 2. The average Bonchev–Trinajstić information content (AvgIpc) is 3.75. The third kappa shape index (κ3) is 7.12.